The van der Waals surface area contributed by atoms with Gasteiger partial charge in [-0.3, -0.25) is 10.00 Å². The lowest BCUT2D eigenvalue weighted by Gasteiger charge is -2.35. The fourth-order valence-electron chi connectivity index (χ4n) is 3.26. The largest absolute Gasteiger partial charge is 0.296 e. The SMILES string of the molecule is CS(=O)(=O)CCC1CCCCN1Cc1ccc2cn[nH]c2c1. The van der Waals surface area contributed by atoms with Crippen molar-refractivity contribution in [1.29, 1.82) is 0 Å². The lowest BCUT2D eigenvalue weighted by atomic mass is 9.99. The molecule has 2 heterocycles. The molecule has 0 bridgehead atoms. The maximum atomic E-state index is 11.4. The van der Waals surface area contributed by atoms with Crippen molar-refractivity contribution in [2.24, 2.45) is 0 Å². The van der Waals surface area contributed by atoms with E-state index in [1.165, 1.54) is 24.7 Å². The quantitative estimate of drug-likeness (QED) is 0.918. The van der Waals surface area contributed by atoms with Gasteiger partial charge in [0.15, 0.2) is 0 Å². The molecule has 0 amide bonds. The van der Waals surface area contributed by atoms with Crippen LogP contribution < -0.4 is 0 Å². The third-order valence-electron chi connectivity index (χ3n) is 4.46. The van der Waals surface area contributed by atoms with E-state index in [-0.39, 0.29) is 5.75 Å². The van der Waals surface area contributed by atoms with Gasteiger partial charge in [0.25, 0.3) is 0 Å². The van der Waals surface area contributed by atoms with Crippen LogP contribution in [0.4, 0.5) is 0 Å². The van der Waals surface area contributed by atoms with Crippen molar-refractivity contribution in [2.75, 3.05) is 18.6 Å². The number of hydrogen-bond acceptors (Lipinski definition) is 4. The minimum absolute atomic E-state index is 0.285. The van der Waals surface area contributed by atoms with E-state index in [0.717, 1.165) is 36.8 Å². The monoisotopic (exact) mass is 321 g/mol. The number of piperidine rings is 1. The lowest BCUT2D eigenvalue weighted by molar-refractivity contribution is 0.136. The highest BCUT2D eigenvalue weighted by Gasteiger charge is 2.23. The van der Waals surface area contributed by atoms with Crippen LogP contribution in [0.25, 0.3) is 10.9 Å². The topological polar surface area (TPSA) is 66.1 Å². The van der Waals surface area contributed by atoms with Gasteiger partial charge in [-0.25, -0.2) is 8.42 Å². The van der Waals surface area contributed by atoms with Crippen molar-refractivity contribution in [3.8, 4) is 0 Å². The molecule has 1 aromatic carbocycles. The van der Waals surface area contributed by atoms with E-state index in [4.69, 9.17) is 0 Å². The van der Waals surface area contributed by atoms with Crippen LogP contribution in [0.3, 0.4) is 0 Å². The van der Waals surface area contributed by atoms with Crippen molar-refractivity contribution < 1.29 is 8.42 Å². The highest BCUT2D eigenvalue weighted by atomic mass is 32.2. The van der Waals surface area contributed by atoms with Crippen molar-refractivity contribution in [1.82, 2.24) is 15.1 Å². The summed E-state index contributed by atoms with van der Waals surface area (Å²) < 4.78 is 22.9. The number of H-pyrrole nitrogens is 1. The molecule has 3 rings (SSSR count). The second-order valence-electron chi connectivity index (χ2n) is 6.33. The molecular formula is C16H23N3O2S. The molecule has 1 fully saturated rings. The number of aromatic nitrogens is 2. The summed E-state index contributed by atoms with van der Waals surface area (Å²) in [5, 5.41) is 8.18. The highest BCUT2D eigenvalue weighted by molar-refractivity contribution is 7.90. The summed E-state index contributed by atoms with van der Waals surface area (Å²) >= 11 is 0. The zero-order chi connectivity index (χ0) is 15.6. The lowest BCUT2D eigenvalue weighted by Crippen LogP contribution is -2.39. The maximum absolute atomic E-state index is 11.4. The molecule has 5 nitrogen and oxygen atoms in total. The van der Waals surface area contributed by atoms with Gasteiger partial charge in [0.1, 0.15) is 9.84 Å². The Hall–Kier alpha value is -1.40. The van der Waals surface area contributed by atoms with Crippen LogP contribution in [0.1, 0.15) is 31.2 Å². The van der Waals surface area contributed by atoms with Crippen LogP contribution in [-0.2, 0) is 16.4 Å². The van der Waals surface area contributed by atoms with Gasteiger partial charge in [-0.1, -0.05) is 18.6 Å². The van der Waals surface area contributed by atoms with Crippen molar-refractivity contribution in [3.05, 3.63) is 30.0 Å². The van der Waals surface area contributed by atoms with Crippen LogP contribution in [0.5, 0.6) is 0 Å². The summed E-state index contributed by atoms with van der Waals surface area (Å²) in [5.41, 5.74) is 2.31. The molecule has 1 unspecified atom stereocenters. The second-order valence-corrected chi connectivity index (χ2v) is 8.59. The van der Waals surface area contributed by atoms with E-state index in [2.05, 4.69) is 33.3 Å². The number of sulfone groups is 1. The van der Waals surface area contributed by atoms with E-state index < -0.39 is 9.84 Å². The van der Waals surface area contributed by atoms with E-state index in [1.807, 2.05) is 6.20 Å². The first kappa shape index (κ1) is 15.5. The van der Waals surface area contributed by atoms with Gasteiger partial charge in [0.05, 0.1) is 17.5 Å². The fourth-order valence-corrected chi connectivity index (χ4v) is 3.96. The van der Waals surface area contributed by atoms with Crippen LogP contribution in [-0.4, -0.2) is 48.1 Å². The predicted molar refractivity (Wildman–Crippen MR) is 88.5 cm³/mol. The molecule has 0 saturated carbocycles. The third-order valence-corrected chi connectivity index (χ3v) is 5.44. The van der Waals surface area contributed by atoms with Gasteiger partial charge in [0, 0.05) is 24.2 Å². The third kappa shape index (κ3) is 3.87. The summed E-state index contributed by atoms with van der Waals surface area (Å²) in [6, 6.07) is 6.75. The van der Waals surface area contributed by atoms with Crippen molar-refractivity contribution in [2.45, 2.75) is 38.3 Å². The van der Waals surface area contributed by atoms with Gasteiger partial charge < -0.3 is 0 Å². The molecule has 22 heavy (non-hydrogen) atoms. The standard InChI is InChI=1S/C16H23N3O2S/c1-22(20,21)9-7-15-4-2-3-8-19(15)12-13-5-6-14-11-17-18-16(14)10-13/h5-6,10-11,15H,2-4,7-9,12H2,1H3,(H,17,18). The van der Waals surface area contributed by atoms with Gasteiger partial charge >= 0.3 is 0 Å². The molecule has 0 aliphatic carbocycles. The average Bonchev–Trinajstić information content (AvgIpc) is 2.93. The molecule has 1 aromatic heterocycles. The molecule has 1 aliphatic heterocycles. The zero-order valence-corrected chi connectivity index (χ0v) is 13.8. The Morgan fingerprint density at radius 1 is 1.36 bits per heavy atom. The van der Waals surface area contributed by atoms with E-state index in [0.29, 0.717) is 6.04 Å². The number of fused-ring (bicyclic) bond motifs is 1. The average molecular weight is 321 g/mol. The maximum Gasteiger partial charge on any atom is 0.147 e. The number of likely N-dealkylation sites (tertiary alicyclic amines) is 1. The Balaban J connectivity index is 1.70. The number of hydrogen-bond donors (Lipinski definition) is 1. The highest BCUT2D eigenvalue weighted by Crippen LogP contribution is 2.23. The number of benzene rings is 1. The molecule has 0 radical (unpaired) electrons. The van der Waals surface area contributed by atoms with Gasteiger partial charge in [-0.2, -0.15) is 5.10 Å². The number of rotatable bonds is 5. The first-order valence-corrected chi connectivity index (χ1v) is 9.91. The van der Waals surface area contributed by atoms with Gasteiger partial charge in [-0.15, -0.1) is 0 Å². The molecule has 1 atom stereocenters. The summed E-state index contributed by atoms with van der Waals surface area (Å²) in [4.78, 5) is 2.44. The van der Waals surface area contributed by atoms with Gasteiger partial charge in [-0.05, 0) is 37.4 Å². The summed E-state index contributed by atoms with van der Waals surface area (Å²) in [6.45, 7) is 1.93. The Morgan fingerprint density at radius 2 is 2.23 bits per heavy atom. The van der Waals surface area contributed by atoms with E-state index in [1.54, 1.807) is 0 Å². The molecule has 0 spiro atoms. The molecule has 120 valence electrons. The van der Waals surface area contributed by atoms with Crippen molar-refractivity contribution >= 4 is 20.7 Å². The fraction of sp³-hybridized carbons (Fsp3) is 0.562. The second kappa shape index (κ2) is 6.38. The first-order valence-electron chi connectivity index (χ1n) is 7.85. The Bertz CT molecular complexity index is 739. The predicted octanol–water partition coefficient (Wildman–Crippen LogP) is 2.35. The smallest absolute Gasteiger partial charge is 0.147 e. The molecule has 2 aromatic rings. The molecule has 1 aliphatic rings. The number of nitrogens with one attached hydrogen (secondary N) is 1. The van der Waals surface area contributed by atoms with Crippen LogP contribution in [0, 0.1) is 0 Å². The summed E-state index contributed by atoms with van der Waals surface area (Å²) in [7, 11) is -2.88. The normalized spacial score (nSPS) is 20.5. The van der Waals surface area contributed by atoms with Crippen LogP contribution >= 0.6 is 0 Å². The Morgan fingerprint density at radius 3 is 3.05 bits per heavy atom. The molecule has 1 saturated heterocycles. The first-order chi connectivity index (χ1) is 10.5. The summed E-state index contributed by atoms with van der Waals surface area (Å²) in [5.74, 6) is 0.285. The Kier molecular flexibility index (Phi) is 4.49. The molecule has 1 N–H and O–H groups in total. The van der Waals surface area contributed by atoms with Crippen LogP contribution in [0.15, 0.2) is 24.4 Å². The number of aromatic amines is 1. The molecule has 6 heteroatoms. The Labute approximate surface area is 131 Å². The van der Waals surface area contributed by atoms with E-state index in [9.17, 15) is 8.42 Å². The zero-order valence-electron chi connectivity index (χ0n) is 13.0. The minimum Gasteiger partial charge on any atom is -0.296 e. The van der Waals surface area contributed by atoms with E-state index >= 15 is 0 Å². The molecular weight excluding hydrogens is 298 g/mol. The van der Waals surface area contributed by atoms with Gasteiger partial charge in [0.2, 0.25) is 0 Å². The summed E-state index contributed by atoms with van der Waals surface area (Å²) in [6.07, 6.45) is 7.39. The van der Waals surface area contributed by atoms with Crippen LogP contribution in [0.2, 0.25) is 0 Å². The number of nitrogens with zero attached hydrogens (tertiary/aromatic N) is 2. The minimum atomic E-state index is -2.88. The van der Waals surface area contributed by atoms with Crippen molar-refractivity contribution in [3.63, 3.8) is 0 Å².